The zero-order valence-corrected chi connectivity index (χ0v) is 26.3. The van der Waals surface area contributed by atoms with Crippen molar-refractivity contribution in [1.29, 1.82) is 0 Å². The first-order valence-corrected chi connectivity index (χ1v) is 15.6. The van der Waals surface area contributed by atoms with Crippen molar-refractivity contribution >= 4 is 17.5 Å². The van der Waals surface area contributed by atoms with Gasteiger partial charge in [0.15, 0.2) is 0 Å². The maximum Gasteiger partial charge on any atom is 0.240 e. The van der Waals surface area contributed by atoms with Crippen molar-refractivity contribution in [2.75, 3.05) is 32.6 Å². The third-order valence-electron chi connectivity index (χ3n) is 10.3. The summed E-state index contributed by atoms with van der Waals surface area (Å²) in [5.41, 5.74) is 3.98. The Morgan fingerprint density at radius 2 is 1.84 bits per heavy atom. The van der Waals surface area contributed by atoms with Crippen molar-refractivity contribution in [3.63, 3.8) is 0 Å². The van der Waals surface area contributed by atoms with Gasteiger partial charge in [-0.1, -0.05) is 51.1 Å². The lowest BCUT2D eigenvalue weighted by Crippen LogP contribution is -2.62. The normalized spacial score (nSPS) is 30.5. The van der Waals surface area contributed by atoms with Gasteiger partial charge >= 0.3 is 0 Å². The molecule has 2 amide bonds. The van der Waals surface area contributed by atoms with Crippen LogP contribution in [0.5, 0.6) is 0 Å². The lowest BCUT2D eigenvalue weighted by Gasteiger charge is -2.62. The molecule has 9 nitrogen and oxygen atoms in total. The first kappa shape index (κ1) is 31.6. The van der Waals surface area contributed by atoms with Crippen LogP contribution in [0.15, 0.2) is 48.5 Å². The Balaban J connectivity index is 1.31. The molecule has 1 unspecified atom stereocenters. The molecule has 0 aromatic heterocycles. The second-order valence-corrected chi connectivity index (χ2v) is 13.8. The van der Waals surface area contributed by atoms with Gasteiger partial charge in [0, 0.05) is 17.6 Å². The number of anilines is 1. The average molecular weight is 593 g/mol. The highest BCUT2D eigenvalue weighted by atomic mass is 16.7. The summed E-state index contributed by atoms with van der Waals surface area (Å²) in [6, 6.07) is 15.1. The molecule has 8 atom stereocenters. The van der Waals surface area contributed by atoms with Gasteiger partial charge in [0.05, 0.1) is 25.8 Å². The van der Waals surface area contributed by atoms with Gasteiger partial charge in [-0.05, 0) is 91.9 Å². The summed E-state index contributed by atoms with van der Waals surface area (Å²) in [5, 5.41) is 28.7. The standard InChI is InChI=1S/C34H48N4O5/c1-20-27-15-25(34(27,3)4)16-28(20)36-33(42)32-31(21(2)40)29(19-39)43-38(32)17-22-8-7-9-24(14-22)23-10-12-26(13-11-23)35-30(41)18-37(5)6/h7-14,20-21,25,27-29,31-32,39-40H,15-19H2,1-6H3,(H,35,41)(H,36,42)/t20-,21-,25-,27+,28?,29-,31+,32-/m0/s1. The summed E-state index contributed by atoms with van der Waals surface area (Å²) >= 11 is 0. The highest BCUT2D eigenvalue weighted by molar-refractivity contribution is 5.92. The molecular formula is C34H48N4O5. The number of carbonyl (C=O) groups excluding carboxylic acids is 2. The zero-order valence-electron chi connectivity index (χ0n) is 26.3. The second kappa shape index (κ2) is 12.7. The van der Waals surface area contributed by atoms with E-state index in [0.717, 1.165) is 28.8 Å². The van der Waals surface area contributed by atoms with E-state index in [-0.39, 0.29) is 24.5 Å². The monoisotopic (exact) mass is 592 g/mol. The molecule has 4 N–H and O–H groups in total. The van der Waals surface area contributed by atoms with Gasteiger partial charge in [0.25, 0.3) is 0 Å². The van der Waals surface area contributed by atoms with Gasteiger partial charge < -0.3 is 25.7 Å². The van der Waals surface area contributed by atoms with E-state index in [1.807, 2.05) is 61.5 Å². The third-order valence-corrected chi connectivity index (χ3v) is 10.3. The van der Waals surface area contributed by atoms with E-state index in [1.54, 1.807) is 12.0 Å². The molecule has 1 saturated heterocycles. The molecule has 3 aliphatic carbocycles. The van der Waals surface area contributed by atoms with Crippen LogP contribution in [0.4, 0.5) is 5.69 Å². The Hall–Kier alpha value is -2.82. The SMILES string of the molecule is C[C@H](O)[C@@H]1[C@H](CO)ON(Cc2cccc(-c3ccc(NC(=O)CN(C)C)cc3)c2)[C@@H]1C(=O)NC1C[C@@H]2C[C@H]([C@@H]1C)C2(C)C. The smallest absolute Gasteiger partial charge is 0.240 e. The van der Waals surface area contributed by atoms with Crippen LogP contribution < -0.4 is 10.6 Å². The molecule has 2 aromatic carbocycles. The lowest BCUT2D eigenvalue weighted by molar-refractivity contribution is -0.183. The number of hydrogen-bond donors (Lipinski definition) is 4. The van der Waals surface area contributed by atoms with Crippen molar-refractivity contribution in [1.82, 2.24) is 15.3 Å². The van der Waals surface area contributed by atoms with Gasteiger partial charge in [0.2, 0.25) is 11.8 Å². The van der Waals surface area contributed by atoms with Gasteiger partial charge in [-0.15, -0.1) is 0 Å². The van der Waals surface area contributed by atoms with Crippen molar-refractivity contribution in [3.05, 3.63) is 54.1 Å². The Morgan fingerprint density at radius 3 is 2.44 bits per heavy atom. The fourth-order valence-electron chi connectivity index (χ4n) is 7.75. The molecule has 2 aromatic rings. The van der Waals surface area contributed by atoms with Gasteiger partial charge in [-0.2, -0.15) is 5.06 Å². The molecule has 0 spiro atoms. The Kier molecular flexibility index (Phi) is 9.30. The quantitative estimate of drug-likeness (QED) is 0.334. The highest BCUT2D eigenvalue weighted by Crippen LogP contribution is 2.61. The average Bonchev–Trinajstić information content (AvgIpc) is 3.32. The maximum atomic E-state index is 13.9. The minimum atomic E-state index is -0.836. The molecule has 3 saturated carbocycles. The van der Waals surface area contributed by atoms with E-state index >= 15 is 0 Å². The number of hydroxylamine groups is 2. The number of aliphatic hydroxyl groups is 2. The molecule has 234 valence electrons. The van der Waals surface area contributed by atoms with E-state index in [1.165, 1.54) is 6.42 Å². The fraction of sp³-hybridized carbons (Fsp3) is 0.588. The first-order chi connectivity index (χ1) is 20.4. The summed E-state index contributed by atoms with van der Waals surface area (Å²) in [5.74, 6) is 0.797. The number of fused-ring (bicyclic) bond motifs is 2. The highest BCUT2D eigenvalue weighted by Gasteiger charge is 2.57. The number of amides is 2. The van der Waals surface area contributed by atoms with Crippen LogP contribution >= 0.6 is 0 Å². The fourth-order valence-corrected chi connectivity index (χ4v) is 7.75. The largest absolute Gasteiger partial charge is 0.394 e. The summed E-state index contributed by atoms with van der Waals surface area (Å²) in [4.78, 5) is 34.0. The molecule has 0 radical (unpaired) electrons. The summed E-state index contributed by atoms with van der Waals surface area (Å²) in [6.07, 6.45) is 0.682. The minimum Gasteiger partial charge on any atom is -0.394 e. The van der Waals surface area contributed by atoms with Crippen LogP contribution in [0, 0.1) is 29.1 Å². The van der Waals surface area contributed by atoms with Gasteiger partial charge in [-0.3, -0.25) is 14.4 Å². The van der Waals surface area contributed by atoms with E-state index in [0.29, 0.717) is 36.3 Å². The number of carbonyl (C=O) groups is 2. The third kappa shape index (κ3) is 6.51. The van der Waals surface area contributed by atoms with Gasteiger partial charge in [-0.25, -0.2) is 0 Å². The van der Waals surface area contributed by atoms with Crippen molar-refractivity contribution in [2.45, 2.75) is 71.4 Å². The molecule has 43 heavy (non-hydrogen) atoms. The number of nitrogens with one attached hydrogen (secondary N) is 2. The van der Waals surface area contributed by atoms with Crippen LogP contribution in [-0.4, -0.2) is 83.5 Å². The van der Waals surface area contributed by atoms with Crippen LogP contribution in [0.2, 0.25) is 0 Å². The summed E-state index contributed by atoms with van der Waals surface area (Å²) in [7, 11) is 3.71. The maximum absolute atomic E-state index is 13.9. The second-order valence-electron chi connectivity index (χ2n) is 13.8. The predicted octanol–water partition coefficient (Wildman–Crippen LogP) is 3.51. The van der Waals surface area contributed by atoms with Crippen LogP contribution in [-0.2, 0) is 21.0 Å². The van der Waals surface area contributed by atoms with Crippen molar-refractivity contribution in [3.8, 4) is 11.1 Å². The van der Waals surface area contributed by atoms with E-state index < -0.39 is 24.2 Å². The van der Waals surface area contributed by atoms with Crippen LogP contribution in [0.3, 0.4) is 0 Å². The zero-order chi connectivity index (χ0) is 31.1. The molecule has 1 heterocycles. The molecule has 4 fully saturated rings. The number of likely N-dealkylation sites (N-methyl/N-ethyl adjacent to an activating group) is 1. The van der Waals surface area contributed by atoms with E-state index in [9.17, 15) is 19.8 Å². The molecular weight excluding hydrogens is 544 g/mol. The lowest BCUT2D eigenvalue weighted by atomic mass is 9.45. The Labute approximate surface area is 255 Å². The molecule has 1 aliphatic heterocycles. The Morgan fingerprint density at radius 1 is 1.12 bits per heavy atom. The van der Waals surface area contributed by atoms with Crippen LogP contribution in [0.1, 0.15) is 46.1 Å². The van der Waals surface area contributed by atoms with E-state index in [2.05, 4.69) is 37.5 Å². The first-order valence-electron chi connectivity index (χ1n) is 15.6. The summed E-state index contributed by atoms with van der Waals surface area (Å²) < 4.78 is 0. The molecule has 2 bridgehead atoms. The van der Waals surface area contributed by atoms with E-state index in [4.69, 9.17) is 4.84 Å². The predicted molar refractivity (Wildman–Crippen MR) is 167 cm³/mol. The van der Waals surface area contributed by atoms with Gasteiger partial charge in [0.1, 0.15) is 12.1 Å². The molecule has 4 aliphatic rings. The van der Waals surface area contributed by atoms with Crippen molar-refractivity contribution < 1.29 is 24.6 Å². The number of benzene rings is 2. The minimum absolute atomic E-state index is 0.0702. The number of hydrogen-bond acceptors (Lipinski definition) is 7. The molecule has 9 heteroatoms. The Bertz CT molecular complexity index is 1300. The summed E-state index contributed by atoms with van der Waals surface area (Å²) in [6.45, 7) is 8.94. The number of nitrogens with zero attached hydrogens (tertiary/aromatic N) is 2. The number of rotatable bonds is 10. The van der Waals surface area contributed by atoms with Crippen LogP contribution in [0.25, 0.3) is 11.1 Å². The topological polar surface area (TPSA) is 114 Å². The molecule has 6 rings (SSSR count). The number of aliphatic hydroxyl groups excluding tert-OH is 2. The van der Waals surface area contributed by atoms with Crippen molar-refractivity contribution in [2.24, 2.45) is 29.1 Å².